The monoisotopic (exact) mass is 238 g/mol. The Morgan fingerprint density at radius 2 is 1.73 bits per heavy atom. The quantitative estimate of drug-likeness (QED) is 0.456. The molecule has 90 valence electrons. The lowest BCUT2D eigenvalue weighted by Gasteiger charge is -2.16. The maximum absolute atomic E-state index is 11.9. The van der Waals surface area contributed by atoms with Crippen LogP contribution >= 0.6 is 7.82 Å². The van der Waals surface area contributed by atoms with E-state index in [0.717, 1.165) is 12.8 Å². The molecule has 15 heavy (non-hydrogen) atoms. The topological polar surface area (TPSA) is 57.3 Å². The van der Waals surface area contributed by atoms with Crippen molar-refractivity contribution in [2.75, 3.05) is 26.4 Å². The Morgan fingerprint density at radius 1 is 1.20 bits per heavy atom. The van der Waals surface area contributed by atoms with E-state index < -0.39 is 7.82 Å². The van der Waals surface area contributed by atoms with Crippen LogP contribution in [-0.2, 0) is 22.9 Å². The van der Waals surface area contributed by atoms with Crippen LogP contribution in [0.5, 0.6) is 0 Å². The molecule has 1 saturated heterocycles. The predicted octanol–water partition coefficient (Wildman–Crippen LogP) is 2.36. The van der Waals surface area contributed by atoms with Crippen molar-refractivity contribution < 1.29 is 22.9 Å². The Morgan fingerprint density at radius 3 is 2.13 bits per heavy atom. The Hall–Kier alpha value is 0.0700. The van der Waals surface area contributed by atoms with Crippen molar-refractivity contribution in [1.29, 1.82) is 0 Å². The van der Waals surface area contributed by atoms with Crippen molar-refractivity contribution in [3.05, 3.63) is 0 Å². The van der Waals surface area contributed by atoms with Gasteiger partial charge in [-0.25, -0.2) is 4.57 Å². The fourth-order valence-electron chi connectivity index (χ4n) is 0.857. The summed E-state index contributed by atoms with van der Waals surface area (Å²) in [5, 5.41) is 0. The van der Waals surface area contributed by atoms with Gasteiger partial charge in [0.25, 0.3) is 0 Å². The van der Waals surface area contributed by atoms with Gasteiger partial charge in [-0.05, 0) is 12.8 Å². The van der Waals surface area contributed by atoms with Gasteiger partial charge in [0.05, 0.1) is 26.4 Å². The Bertz CT molecular complexity index is 205. The summed E-state index contributed by atoms with van der Waals surface area (Å²) < 4.78 is 32.3. The van der Waals surface area contributed by atoms with E-state index in [1.807, 2.05) is 13.8 Å². The summed E-state index contributed by atoms with van der Waals surface area (Å²) in [4.78, 5) is 0. The van der Waals surface area contributed by atoms with E-state index in [2.05, 4.69) is 0 Å². The number of epoxide rings is 1. The van der Waals surface area contributed by atoms with Crippen molar-refractivity contribution in [1.82, 2.24) is 0 Å². The maximum atomic E-state index is 11.9. The smallest absolute Gasteiger partial charge is 0.371 e. The predicted molar refractivity (Wildman–Crippen MR) is 55.8 cm³/mol. The molecule has 0 aromatic heterocycles. The molecule has 0 radical (unpaired) electrons. The molecule has 1 rings (SSSR count). The maximum Gasteiger partial charge on any atom is 0.474 e. The summed E-state index contributed by atoms with van der Waals surface area (Å²) in [6.45, 7) is 5.59. The van der Waals surface area contributed by atoms with Crippen LogP contribution in [0, 0.1) is 0 Å². The van der Waals surface area contributed by atoms with Gasteiger partial charge in [-0.15, -0.1) is 0 Å². The summed E-state index contributed by atoms with van der Waals surface area (Å²) in [5.74, 6) is 0. The van der Waals surface area contributed by atoms with Crippen LogP contribution in [0.3, 0.4) is 0 Å². The van der Waals surface area contributed by atoms with Crippen LogP contribution in [0.2, 0.25) is 0 Å². The van der Waals surface area contributed by atoms with Gasteiger partial charge in [-0.3, -0.25) is 13.6 Å². The summed E-state index contributed by atoms with van der Waals surface area (Å²) in [7, 11) is -3.35. The zero-order chi connectivity index (χ0) is 11.1. The summed E-state index contributed by atoms with van der Waals surface area (Å²) in [6, 6.07) is 0. The third-order valence-corrected chi connectivity index (χ3v) is 3.19. The van der Waals surface area contributed by atoms with E-state index in [9.17, 15) is 4.57 Å². The molecular weight excluding hydrogens is 219 g/mol. The van der Waals surface area contributed by atoms with E-state index in [0.29, 0.717) is 19.8 Å². The number of hydrogen-bond donors (Lipinski definition) is 0. The summed E-state index contributed by atoms with van der Waals surface area (Å²) >= 11 is 0. The largest absolute Gasteiger partial charge is 0.474 e. The average Bonchev–Trinajstić information content (AvgIpc) is 3.05. The molecule has 5 nitrogen and oxygen atoms in total. The van der Waals surface area contributed by atoms with Gasteiger partial charge >= 0.3 is 7.82 Å². The zero-order valence-electron chi connectivity index (χ0n) is 9.31. The zero-order valence-corrected chi connectivity index (χ0v) is 10.2. The van der Waals surface area contributed by atoms with Crippen LogP contribution in [0.25, 0.3) is 0 Å². The van der Waals surface area contributed by atoms with Crippen LogP contribution in [-0.4, -0.2) is 32.5 Å². The van der Waals surface area contributed by atoms with E-state index in [-0.39, 0.29) is 12.7 Å². The van der Waals surface area contributed by atoms with Crippen molar-refractivity contribution in [3.63, 3.8) is 0 Å². The number of phosphoric ester groups is 1. The molecule has 1 atom stereocenters. The Balaban J connectivity index is 2.30. The lowest BCUT2D eigenvalue weighted by molar-refractivity contribution is 0.107. The molecule has 0 aromatic carbocycles. The first kappa shape index (κ1) is 13.1. The highest BCUT2D eigenvalue weighted by Crippen LogP contribution is 2.50. The highest BCUT2D eigenvalue weighted by atomic mass is 31.2. The average molecular weight is 238 g/mol. The van der Waals surface area contributed by atoms with E-state index in [1.165, 1.54) is 0 Å². The number of ether oxygens (including phenoxy) is 1. The molecule has 1 fully saturated rings. The van der Waals surface area contributed by atoms with Gasteiger partial charge in [0.1, 0.15) is 6.10 Å². The SMILES string of the molecule is CCCOP(=O)(OCCC)OCC1CO1. The van der Waals surface area contributed by atoms with Crippen molar-refractivity contribution in [2.45, 2.75) is 32.8 Å². The normalized spacial score (nSPS) is 20.5. The lowest BCUT2D eigenvalue weighted by atomic mass is 10.5. The second kappa shape index (κ2) is 6.61. The van der Waals surface area contributed by atoms with Crippen molar-refractivity contribution in [3.8, 4) is 0 Å². The second-order valence-electron chi connectivity index (χ2n) is 3.36. The van der Waals surface area contributed by atoms with Crippen LogP contribution < -0.4 is 0 Å². The van der Waals surface area contributed by atoms with Crippen LogP contribution in [0.4, 0.5) is 0 Å². The molecule has 0 amide bonds. The number of phosphoric acid groups is 1. The van der Waals surface area contributed by atoms with Gasteiger partial charge < -0.3 is 4.74 Å². The molecule has 1 heterocycles. The molecular formula is C9H19O5P. The third-order valence-electron chi connectivity index (χ3n) is 1.73. The molecule has 6 heteroatoms. The highest BCUT2D eigenvalue weighted by Gasteiger charge is 2.31. The summed E-state index contributed by atoms with van der Waals surface area (Å²) in [5.41, 5.74) is 0. The van der Waals surface area contributed by atoms with Gasteiger partial charge in [0, 0.05) is 0 Å². The van der Waals surface area contributed by atoms with Crippen LogP contribution in [0.1, 0.15) is 26.7 Å². The first-order valence-corrected chi connectivity index (χ1v) is 6.81. The molecule has 0 saturated carbocycles. The van der Waals surface area contributed by atoms with Gasteiger partial charge in [-0.2, -0.15) is 0 Å². The van der Waals surface area contributed by atoms with E-state index >= 15 is 0 Å². The number of rotatable bonds is 9. The fraction of sp³-hybridized carbons (Fsp3) is 1.00. The van der Waals surface area contributed by atoms with Crippen molar-refractivity contribution >= 4 is 7.82 Å². The second-order valence-corrected chi connectivity index (χ2v) is 5.03. The van der Waals surface area contributed by atoms with Crippen molar-refractivity contribution in [2.24, 2.45) is 0 Å². The van der Waals surface area contributed by atoms with Crippen LogP contribution in [0.15, 0.2) is 0 Å². The molecule has 0 spiro atoms. The van der Waals surface area contributed by atoms with Gasteiger partial charge in [-0.1, -0.05) is 13.8 Å². The molecule has 1 unspecified atom stereocenters. The Labute approximate surface area is 90.7 Å². The third kappa shape index (κ3) is 5.64. The standard InChI is InChI=1S/C9H19O5P/c1-3-5-12-15(10,13-6-4-2)14-8-9-7-11-9/h9H,3-8H2,1-2H3. The highest BCUT2D eigenvalue weighted by molar-refractivity contribution is 7.48. The Kier molecular flexibility index (Phi) is 5.79. The van der Waals surface area contributed by atoms with E-state index in [1.54, 1.807) is 0 Å². The molecule has 0 aromatic rings. The van der Waals surface area contributed by atoms with Gasteiger partial charge in [0.2, 0.25) is 0 Å². The number of hydrogen-bond acceptors (Lipinski definition) is 5. The minimum Gasteiger partial charge on any atom is -0.371 e. The first-order chi connectivity index (χ1) is 7.20. The summed E-state index contributed by atoms with van der Waals surface area (Å²) in [6.07, 6.45) is 1.62. The molecule has 1 aliphatic rings. The minimum absolute atomic E-state index is 0.0637. The first-order valence-electron chi connectivity index (χ1n) is 5.35. The molecule has 0 aliphatic carbocycles. The molecule has 1 aliphatic heterocycles. The van der Waals surface area contributed by atoms with E-state index in [4.69, 9.17) is 18.3 Å². The fourth-order valence-corrected chi connectivity index (χ4v) is 2.24. The minimum atomic E-state index is -3.35. The van der Waals surface area contributed by atoms with Gasteiger partial charge in [0.15, 0.2) is 0 Å². The lowest BCUT2D eigenvalue weighted by Crippen LogP contribution is -2.06. The molecule has 0 N–H and O–H groups in total. The molecule has 0 bridgehead atoms.